The van der Waals surface area contributed by atoms with Crippen molar-refractivity contribution in [2.24, 2.45) is 4.99 Å². The maximum atomic E-state index is 6.18. The molecule has 138 valence electrons. The summed E-state index contributed by atoms with van der Waals surface area (Å²) in [5, 5.41) is 11.6. The molecule has 0 fully saturated rings. The van der Waals surface area contributed by atoms with Gasteiger partial charge in [-0.25, -0.2) is 4.99 Å². The molecular formula is C16H22Cl2IN5O. The number of benzene rings is 1. The summed E-state index contributed by atoms with van der Waals surface area (Å²) in [5.41, 5.74) is 1.09. The van der Waals surface area contributed by atoms with E-state index in [4.69, 9.17) is 27.7 Å². The van der Waals surface area contributed by atoms with Gasteiger partial charge in [0, 0.05) is 23.1 Å². The average molecular weight is 498 g/mol. The summed E-state index contributed by atoms with van der Waals surface area (Å²) in [7, 11) is 0. The number of aliphatic imine (C=N–C) groups is 1. The summed E-state index contributed by atoms with van der Waals surface area (Å²) in [6, 6.07) is 5.58. The molecule has 0 aliphatic rings. The van der Waals surface area contributed by atoms with Gasteiger partial charge in [-0.1, -0.05) is 34.4 Å². The molecule has 9 heteroatoms. The number of halogens is 3. The van der Waals surface area contributed by atoms with Crippen LogP contribution in [0.15, 0.2) is 27.7 Å². The molecule has 0 aliphatic heterocycles. The highest BCUT2D eigenvalue weighted by atomic mass is 127. The highest BCUT2D eigenvalue weighted by Gasteiger charge is 2.04. The minimum Gasteiger partial charge on any atom is -0.357 e. The van der Waals surface area contributed by atoms with Crippen LogP contribution in [0, 0.1) is 6.92 Å². The Morgan fingerprint density at radius 2 is 2.08 bits per heavy atom. The van der Waals surface area contributed by atoms with Crippen molar-refractivity contribution in [3.05, 3.63) is 45.5 Å². The number of guanidine groups is 1. The van der Waals surface area contributed by atoms with Crippen LogP contribution in [0.1, 0.15) is 30.6 Å². The predicted octanol–water partition coefficient (Wildman–Crippen LogP) is 3.99. The average Bonchev–Trinajstić information content (AvgIpc) is 2.96. The summed E-state index contributed by atoms with van der Waals surface area (Å²) in [6.07, 6.45) is 1.79. The monoisotopic (exact) mass is 497 g/mol. The predicted molar refractivity (Wildman–Crippen MR) is 112 cm³/mol. The smallest absolute Gasteiger partial charge is 0.248 e. The Balaban J connectivity index is 0.00000312. The first-order valence-electron chi connectivity index (χ1n) is 7.83. The van der Waals surface area contributed by atoms with E-state index in [-0.39, 0.29) is 24.0 Å². The van der Waals surface area contributed by atoms with E-state index in [1.807, 2.05) is 19.1 Å². The lowest BCUT2D eigenvalue weighted by atomic mass is 10.1. The first kappa shape index (κ1) is 22.0. The summed E-state index contributed by atoms with van der Waals surface area (Å²) in [5.74, 6) is 1.83. The Labute approximate surface area is 174 Å². The quantitative estimate of drug-likeness (QED) is 0.262. The first-order chi connectivity index (χ1) is 11.6. The van der Waals surface area contributed by atoms with Gasteiger partial charge >= 0.3 is 0 Å². The molecule has 0 amide bonds. The molecular weight excluding hydrogens is 476 g/mol. The molecule has 0 bridgehead atoms. The van der Waals surface area contributed by atoms with Gasteiger partial charge in [0.05, 0.1) is 0 Å². The lowest BCUT2D eigenvalue weighted by molar-refractivity contribution is 0.376. The highest BCUT2D eigenvalue weighted by molar-refractivity contribution is 14.0. The zero-order valence-electron chi connectivity index (χ0n) is 14.2. The van der Waals surface area contributed by atoms with E-state index < -0.39 is 0 Å². The lowest BCUT2D eigenvalue weighted by Crippen LogP contribution is -2.37. The van der Waals surface area contributed by atoms with Crippen LogP contribution in [0.25, 0.3) is 0 Å². The Hall–Kier alpha value is -1.06. The van der Waals surface area contributed by atoms with E-state index in [0.717, 1.165) is 37.5 Å². The van der Waals surface area contributed by atoms with Gasteiger partial charge in [-0.15, -0.1) is 24.0 Å². The SMILES string of the molecule is CCNC(=NCc1nc(C)no1)NCCCc1ccc(Cl)cc1Cl.I. The molecule has 0 aliphatic carbocycles. The van der Waals surface area contributed by atoms with Crippen LogP contribution in [0.5, 0.6) is 0 Å². The minimum absolute atomic E-state index is 0. The second kappa shape index (κ2) is 11.5. The zero-order valence-corrected chi connectivity index (χ0v) is 18.0. The number of aromatic nitrogens is 2. The van der Waals surface area contributed by atoms with Crippen LogP contribution >= 0.6 is 47.2 Å². The van der Waals surface area contributed by atoms with E-state index >= 15 is 0 Å². The highest BCUT2D eigenvalue weighted by Crippen LogP contribution is 2.21. The van der Waals surface area contributed by atoms with Gasteiger partial charge in [0.2, 0.25) is 5.89 Å². The molecule has 25 heavy (non-hydrogen) atoms. The third kappa shape index (κ3) is 7.79. The van der Waals surface area contributed by atoms with Crippen molar-refractivity contribution >= 4 is 53.1 Å². The fraction of sp³-hybridized carbons (Fsp3) is 0.438. The fourth-order valence-corrected chi connectivity index (χ4v) is 2.61. The van der Waals surface area contributed by atoms with Crippen molar-refractivity contribution in [3.8, 4) is 0 Å². The molecule has 2 aromatic rings. The number of hydrogen-bond acceptors (Lipinski definition) is 4. The lowest BCUT2D eigenvalue weighted by Gasteiger charge is -2.11. The number of nitrogens with zero attached hydrogens (tertiary/aromatic N) is 3. The van der Waals surface area contributed by atoms with Crippen molar-refractivity contribution in [2.75, 3.05) is 13.1 Å². The maximum absolute atomic E-state index is 6.18. The molecule has 0 radical (unpaired) electrons. The summed E-state index contributed by atoms with van der Waals surface area (Å²) < 4.78 is 5.05. The minimum atomic E-state index is 0. The summed E-state index contributed by atoms with van der Waals surface area (Å²) >= 11 is 12.1. The van der Waals surface area contributed by atoms with Gasteiger partial charge in [-0.3, -0.25) is 0 Å². The second-order valence-corrected chi connectivity index (χ2v) is 6.04. The first-order valence-corrected chi connectivity index (χ1v) is 8.59. The molecule has 1 heterocycles. The van der Waals surface area contributed by atoms with Crippen LogP contribution in [-0.2, 0) is 13.0 Å². The Morgan fingerprint density at radius 1 is 1.28 bits per heavy atom. The van der Waals surface area contributed by atoms with Crippen molar-refractivity contribution in [1.29, 1.82) is 0 Å². The molecule has 1 aromatic heterocycles. The number of aryl methyl sites for hydroxylation is 2. The van der Waals surface area contributed by atoms with Gasteiger partial charge < -0.3 is 15.2 Å². The van der Waals surface area contributed by atoms with Crippen LogP contribution in [-0.4, -0.2) is 29.2 Å². The molecule has 0 saturated carbocycles. The van der Waals surface area contributed by atoms with Crippen molar-refractivity contribution in [3.63, 3.8) is 0 Å². The van der Waals surface area contributed by atoms with Gasteiger partial charge in [0.25, 0.3) is 0 Å². The van der Waals surface area contributed by atoms with E-state index in [0.29, 0.717) is 28.3 Å². The van der Waals surface area contributed by atoms with Crippen LogP contribution in [0.3, 0.4) is 0 Å². The van der Waals surface area contributed by atoms with Crippen LogP contribution in [0.2, 0.25) is 10.0 Å². The number of nitrogens with one attached hydrogen (secondary N) is 2. The maximum Gasteiger partial charge on any atom is 0.248 e. The summed E-state index contributed by atoms with van der Waals surface area (Å²) in [4.78, 5) is 8.56. The molecule has 0 atom stereocenters. The largest absolute Gasteiger partial charge is 0.357 e. The van der Waals surface area contributed by atoms with Gasteiger partial charge in [-0.05, 0) is 44.4 Å². The van der Waals surface area contributed by atoms with E-state index in [2.05, 4.69) is 25.8 Å². The molecule has 0 saturated heterocycles. The zero-order chi connectivity index (χ0) is 17.4. The number of rotatable bonds is 7. The Kier molecular flexibility index (Phi) is 10.1. The molecule has 0 unspecified atom stereocenters. The number of hydrogen-bond donors (Lipinski definition) is 2. The Bertz CT molecular complexity index is 693. The van der Waals surface area contributed by atoms with Crippen molar-refractivity contribution < 1.29 is 4.52 Å². The topological polar surface area (TPSA) is 75.3 Å². The van der Waals surface area contributed by atoms with Crippen LogP contribution in [0.4, 0.5) is 0 Å². The van der Waals surface area contributed by atoms with E-state index in [1.165, 1.54) is 0 Å². The third-order valence-corrected chi connectivity index (χ3v) is 3.80. The molecule has 0 spiro atoms. The third-order valence-electron chi connectivity index (χ3n) is 3.22. The van der Waals surface area contributed by atoms with Gasteiger partial charge in [0.15, 0.2) is 11.8 Å². The van der Waals surface area contributed by atoms with Gasteiger partial charge in [-0.2, -0.15) is 4.98 Å². The van der Waals surface area contributed by atoms with E-state index in [1.54, 1.807) is 13.0 Å². The normalized spacial score (nSPS) is 11.1. The second-order valence-electron chi connectivity index (χ2n) is 5.20. The van der Waals surface area contributed by atoms with Crippen LogP contribution < -0.4 is 10.6 Å². The fourth-order valence-electron chi connectivity index (χ4n) is 2.10. The molecule has 2 N–H and O–H groups in total. The standard InChI is InChI=1S/C16H21Cl2N5O.HI/c1-3-19-16(21-10-15-22-11(2)23-24-15)20-8-4-5-12-6-7-13(17)9-14(12)18;/h6-7,9H,3-5,8,10H2,1-2H3,(H2,19,20,21);1H. The molecule has 1 aromatic carbocycles. The van der Waals surface area contributed by atoms with Crippen molar-refractivity contribution in [2.45, 2.75) is 33.2 Å². The molecule has 6 nitrogen and oxygen atoms in total. The summed E-state index contributed by atoms with van der Waals surface area (Å²) in [6.45, 7) is 5.69. The van der Waals surface area contributed by atoms with Gasteiger partial charge in [0.1, 0.15) is 6.54 Å². The van der Waals surface area contributed by atoms with Crippen molar-refractivity contribution in [1.82, 2.24) is 20.8 Å². The Morgan fingerprint density at radius 3 is 2.72 bits per heavy atom. The van der Waals surface area contributed by atoms with E-state index in [9.17, 15) is 0 Å². The molecule has 2 rings (SSSR count).